The average molecular weight is 203 g/mol. The molecular weight excluding hydrogens is 190 g/mol. The maximum atomic E-state index is 9.82. The maximum Gasteiger partial charge on any atom is 0.134 e. The third-order valence-electron chi connectivity index (χ3n) is 3.04. The first-order valence-electron chi connectivity index (χ1n) is 5.24. The Morgan fingerprint density at radius 1 is 1.33 bits per heavy atom. The summed E-state index contributed by atoms with van der Waals surface area (Å²) in [6, 6.07) is 7.94. The van der Waals surface area contributed by atoms with Crippen molar-refractivity contribution >= 4 is 11.0 Å². The van der Waals surface area contributed by atoms with Crippen molar-refractivity contribution < 1.29 is 9.52 Å². The summed E-state index contributed by atoms with van der Waals surface area (Å²) in [4.78, 5) is 0. The minimum atomic E-state index is -0.300. The van der Waals surface area contributed by atoms with Gasteiger partial charge >= 0.3 is 0 Å². The van der Waals surface area contributed by atoms with Crippen molar-refractivity contribution in [1.82, 2.24) is 5.32 Å². The van der Waals surface area contributed by atoms with Gasteiger partial charge in [0.05, 0.1) is 18.4 Å². The van der Waals surface area contributed by atoms with Crippen molar-refractivity contribution in [3.8, 4) is 0 Å². The van der Waals surface area contributed by atoms with Gasteiger partial charge in [-0.05, 0) is 19.0 Å². The number of furan rings is 1. The van der Waals surface area contributed by atoms with Crippen LogP contribution in [-0.2, 0) is 0 Å². The molecule has 0 saturated carbocycles. The summed E-state index contributed by atoms with van der Waals surface area (Å²) in [6.07, 6.45) is 2.26. The SMILES string of the molecule is OC1CCNC1c1coc2ccccc12. The van der Waals surface area contributed by atoms with E-state index < -0.39 is 0 Å². The molecule has 1 aromatic heterocycles. The number of nitrogens with one attached hydrogen (secondary N) is 1. The summed E-state index contributed by atoms with van der Waals surface area (Å²) in [6.45, 7) is 0.866. The number of hydrogen-bond acceptors (Lipinski definition) is 3. The van der Waals surface area contributed by atoms with Gasteiger partial charge in [0.15, 0.2) is 0 Å². The van der Waals surface area contributed by atoms with Gasteiger partial charge in [-0.1, -0.05) is 18.2 Å². The van der Waals surface area contributed by atoms with Crippen molar-refractivity contribution in [3.05, 3.63) is 36.1 Å². The van der Waals surface area contributed by atoms with Crippen LogP contribution in [0.4, 0.5) is 0 Å². The molecule has 1 aromatic carbocycles. The second-order valence-corrected chi connectivity index (χ2v) is 3.98. The molecule has 1 aliphatic rings. The molecule has 0 amide bonds. The Hall–Kier alpha value is -1.32. The van der Waals surface area contributed by atoms with Gasteiger partial charge in [0.2, 0.25) is 0 Å². The van der Waals surface area contributed by atoms with Gasteiger partial charge in [0.1, 0.15) is 5.58 Å². The standard InChI is InChI=1S/C12H13NO2/c14-10-5-6-13-12(10)9-7-15-11-4-2-1-3-8(9)11/h1-4,7,10,12-14H,5-6H2. The Bertz CT molecular complexity index is 477. The highest BCUT2D eigenvalue weighted by Gasteiger charge is 2.28. The Balaban J connectivity index is 2.10. The van der Waals surface area contributed by atoms with Crippen molar-refractivity contribution in [3.63, 3.8) is 0 Å². The van der Waals surface area contributed by atoms with E-state index in [1.165, 1.54) is 0 Å². The number of rotatable bonds is 1. The molecule has 1 fully saturated rings. The molecule has 0 bridgehead atoms. The van der Waals surface area contributed by atoms with Crippen LogP contribution >= 0.6 is 0 Å². The number of aliphatic hydroxyl groups is 1. The first kappa shape index (κ1) is 8.95. The summed E-state index contributed by atoms with van der Waals surface area (Å²) in [7, 11) is 0. The lowest BCUT2D eigenvalue weighted by Gasteiger charge is -2.12. The molecular formula is C12H13NO2. The van der Waals surface area contributed by atoms with Crippen LogP contribution in [0.2, 0.25) is 0 Å². The highest BCUT2D eigenvalue weighted by molar-refractivity contribution is 5.81. The van der Waals surface area contributed by atoms with E-state index >= 15 is 0 Å². The molecule has 78 valence electrons. The van der Waals surface area contributed by atoms with Crippen LogP contribution in [0.1, 0.15) is 18.0 Å². The molecule has 2 N–H and O–H groups in total. The quantitative estimate of drug-likeness (QED) is 0.743. The highest BCUT2D eigenvalue weighted by atomic mass is 16.3. The number of benzene rings is 1. The minimum absolute atomic E-state index is 0.0219. The summed E-state index contributed by atoms with van der Waals surface area (Å²) in [5, 5.41) is 14.2. The molecule has 3 nitrogen and oxygen atoms in total. The lowest BCUT2D eigenvalue weighted by atomic mass is 10.0. The molecule has 2 unspecified atom stereocenters. The molecule has 3 heteroatoms. The number of para-hydroxylation sites is 1. The predicted molar refractivity (Wildman–Crippen MR) is 57.6 cm³/mol. The maximum absolute atomic E-state index is 9.82. The fourth-order valence-corrected chi connectivity index (χ4v) is 2.25. The summed E-state index contributed by atoms with van der Waals surface area (Å²) < 4.78 is 5.46. The Morgan fingerprint density at radius 2 is 2.20 bits per heavy atom. The number of fused-ring (bicyclic) bond motifs is 1. The smallest absolute Gasteiger partial charge is 0.134 e. The van der Waals surface area contributed by atoms with Crippen LogP contribution in [-0.4, -0.2) is 17.8 Å². The normalized spacial score (nSPS) is 26.2. The van der Waals surface area contributed by atoms with Crippen LogP contribution in [0.15, 0.2) is 34.9 Å². The zero-order valence-corrected chi connectivity index (χ0v) is 8.31. The van der Waals surface area contributed by atoms with Crippen molar-refractivity contribution in [2.45, 2.75) is 18.6 Å². The van der Waals surface area contributed by atoms with Crippen LogP contribution < -0.4 is 5.32 Å². The van der Waals surface area contributed by atoms with E-state index in [2.05, 4.69) is 5.32 Å². The van der Waals surface area contributed by atoms with Crippen LogP contribution in [0.3, 0.4) is 0 Å². The minimum Gasteiger partial charge on any atom is -0.464 e. The van der Waals surface area contributed by atoms with Crippen molar-refractivity contribution in [1.29, 1.82) is 0 Å². The fourth-order valence-electron chi connectivity index (χ4n) is 2.25. The Kier molecular flexibility index (Phi) is 2.01. The van der Waals surface area contributed by atoms with Crippen molar-refractivity contribution in [2.75, 3.05) is 6.54 Å². The average Bonchev–Trinajstić information content (AvgIpc) is 2.83. The first-order chi connectivity index (χ1) is 7.36. The van der Waals surface area contributed by atoms with Gasteiger partial charge in [-0.15, -0.1) is 0 Å². The molecule has 0 aliphatic carbocycles. The molecule has 2 heterocycles. The molecule has 1 aliphatic heterocycles. The van der Waals surface area contributed by atoms with Crippen LogP contribution in [0, 0.1) is 0 Å². The van der Waals surface area contributed by atoms with Gasteiger partial charge in [-0.3, -0.25) is 0 Å². The van der Waals surface area contributed by atoms with E-state index in [1.54, 1.807) is 6.26 Å². The predicted octanol–water partition coefficient (Wildman–Crippen LogP) is 1.83. The monoisotopic (exact) mass is 203 g/mol. The van der Waals surface area contributed by atoms with Crippen molar-refractivity contribution in [2.24, 2.45) is 0 Å². The zero-order chi connectivity index (χ0) is 10.3. The van der Waals surface area contributed by atoms with E-state index in [0.29, 0.717) is 0 Å². The summed E-state index contributed by atoms with van der Waals surface area (Å²) in [5.41, 5.74) is 1.95. The Morgan fingerprint density at radius 3 is 3.00 bits per heavy atom. The van der Waals surface area contributed by atoms with E-state index in [-0.39, 0.29) is 12.1 Å². The summed E-state index contributed by atoms with van der Waals surface area (Å²) >= 11 is 0. The lowest BCUT2D eigenvalue weighted by molar-refractivity contribution is 0.160. The topological polar surface area (TPSA) is 45.4 Å². The fraction of sp³-hybridized carbons (Fsp3) is 0.333. The second-order valence-electron chi connectivity index (χ2n) is 3.98. The number of aliphatic hydroxyl groups excluding tert-OH is 1. The first-order valence-corrected chi connectivity index (χ1v) is 5.24. The molecule has 1 saturated heterocycles. The number of hydrogen-bond donors (Lipinski definition) is 2. The molecule has 15 heavy (non-hydrogen) atoms. The van der Waals surface area contributed by atoms with Gasteiger partial charge in [-0.25, -0.2) is 0 Å². The third kappa shape index (κ3) is 1.35. The highest BCUT2D eigenvalue weighted by Crippen LogP contribution is 2.31. The van der Waals surface area contributed by atoms with E-state index in [0.717, 1.165) is 29.5 Å². The molecule has 2 aromatic rings. The lowest BCUT2D eigenvalue weighted by Crippen LogP contribution is -2.20. The van der Waals surface area contributed by atoms with E-state index in [4.69, 9.17) is 4.42 Å². The van der Waals surface area contributed by atoms with Gasteiger partial charge in [-0.2, -0.15) is 0 Å². The summed E-state index contributed by atoms with van der Waals surface area (Å²) in [5.74, 6) is 0. The second kappa shape index (κ2) is 3.36. The van der Waals surface area contributed by atoms with Crippen LogP contribution in [0.25, 0.3) is 11.0 Å². The van der Waals surface area contributed by atoms with Gasteiger partial charge < -0.3 is 14.8 Å². The largest absolute Gasteiger partial charge is 0.464 e. The van der Waals surface area contributed by atoms with E-state index in [1.807, 2.05) is 24.3 Å². The van der Waals surface area contributed by atoms with Crippen LogP contribution in [0.5, 0.6) is 0 Å². The molecule has 2 atom stereocenters. The third-order valence-corrected chi connectivity index (χ3v) is 3.04. The van der Waals surface area contributed by atoms with E-state index in [9.17, 15) is 5.11 Å². The molecule has 0 radical (unpaired) electrons. The molecule has 0 spiro atoms. The Labute approximate surface area is 87.7 Å². The molecule has 3 rings (SSSR count). The van der Waals surface area contributed by atoms with Gasteiger partial charge in [0.25, 0.3) is 0 Å². The zero-order valence-electron chi connectivity index (χ0n) is 8.31. The van der Waals surface area contributed by atoms with Gasteiger partial charge in [0, 0.05) is 10.9 Å².